The summed E-state index contributed by atoms with van der Waals surface area (Å²) in [5.41, 5.74) is 2.88. The number of carbonyl (C=O) groups is 2. The van der Waals surface area contributed by atoms with Gasteiger partial charge in [0.05, 0.1) is 5.69 Å². The largest absolute Gasteiger partial charge is 0.483 e. The zero-order valence-electron chi connectivity index (χ0n) is 16.5. The second-order valence-corrected chi connectivity index (χ2v) is 6.91. The van der Waals surface area contributed by atoms with Crippen molar-refractivity contribution < 1.29 is 23.8 Å². The number of para-hydroxylation sites is 1. The van der Waals surface area contributed by atoms with Crippen LogP contribution in [0.2, 0.25) is 0 Å². The number of ether oxygens (including phenoxy) is 3. The Morgan fingerprint density at radius 3 is 2.43 bits per heavy atom. The highest BCUT2D eigenvalue weighted by molar-refractivity contribution is 6.04. The molecule has 3 aromatic carbocycles. The highest BCUT2D eigenvalue weighted by Gasteiger charge is 2.20. The van der Waals surface area contributed by atoms with Crippen LogP contribution >= 0.6 is 0 Å². The first-order valence-electron chi connectivity index (χ1n) is 9.59. The van der Waals surface area contributed by atoms with E-state index in [1.54, 1.807) is 12.1 Å². The van der Waals surface area contributed by atoms with Gasteiger partial charge in [-0.1, -0.05) is 48.5 Å². The van der Waals surface area contributed by atoms with Crippen molar-refractivity contribution in [1.82, 2.24) is 0 Å². The summed E-state index contributed by atoms with van der Waals surface area (Å²) in [7, 11) is 0. The predicted octanol–water partition coefficient (Wildman–Crippen LogP) is 4.23. The summed E-state index contributed by atoms with van der Waals surface area (Å²) in [6, 6.07) is 20.9. The summed E-state index contributed by atoms with van der Waals surface area (Å²) in [5.74, 6) is 1.08. The third-order valence-electron chi connectivity index (χ3n) is 4.73. The minimum atomic E-state index is -0.370. The highest BCUT2D eigenvalue weighted by atomic mass is 16.7. The average Bonchev–Trinajstić information content (AvgIpc) is 3.20. The van der Waals surface area contributed by atoms with Crippen molar-refractivity contribution in [3.63, 3.8) is 0 Å². The lowest BCUT2D eigenvalue weighted by Gasteiger charge is -2.13. The Morgan fingerprint density at radius 1 is 0.967 bits per heavy atom. The van der Waals surface area contributed by atoms with E-state index < -0.39 is 0 Å². The van der Waals surface area contributed by atoms with Crippen molar-refractivity contribution in [1.29, 1.82) is 0 Å². The lowest BCUT2D eigenvalue weighted by Crippen LogP contribution is -2.21. The van der Waals surface area contributed by atoms with Gasteiger partial charge in [-0.3, -0.25) is 9.59 Å². The van der Waals surface area contributed by atoms with Gasteiger partial charge in [0.2, 0.25) is 6.79 Å². The van der Waals surface area contributed by atoms with Crippen LogP contribution in [0.3, 0.4) is 0 Å². The molecule has 6 nitrogen and oxygen atoms in total. The van der Waals surface area contributed by atoms with E-state index in [9.17, 15) is 9.59 Å². The Hall–Kier alpha value is -3.80. The van der Waals surface area contributed by atoms with Gasteiger partial charge in [0.25, 0.3) is 5.91 Å². The summed E-state index contributed by atoms with van der Waals surface area (Å²) in [4.78, 5) is 24.5. The summed E-state index contributed by atoms with van der Waals surface area (Å²) >= 11 is 0. The normalized spacial score (nSPS) is 11.8. The number of hydrogen-bond acceptors (Lipinski definition) is 5. The van der Waals surface area contributed by atoms with Gasteiger partial charge in [0.1, 0.15) is 5.75 Å². The van der Waals surface area contributed by atoms with Crippen LogP contribution in [0.4, 0.5) is 5.69 Å². The topological polar surface area (TPSA) is 73.9 Å². The van der Waals surface area contributed by atoms with E-state index in [1.165, 1.54) is 6.92 Å². The number of rotatable bonds is 7. The van der Waals surface area contributed by atoms with Crippen LogP contribution in [0.1, 0.15) is 28.4 Å². The van der Waals surface area contributed by atoms with Crippen molar-refractivity contribution in [3.8, 4) is 17.2 Å². The van der Waals surface area contributed by atoms with Crippen molar-refractivity contribution in [2.24, 2.45) is 0 Å². The zero-order chi connectivity index (χ0) is 20.9. The number of nitrogens with one attached hydrogen (secondary N) is 1. The Morgan fingerprint density at radius 2 is 1.67 bits per heavy atom. The van der Waals surface area contributed by atoms with Gasteiger partial charge in [0, 0.05) is 18.1 Å². The summed E-state index contributed by atoms with van der Waals surface area (Å²) < 4.78 is 16.4. The van der Waals surface area contributed by atoms with Crippen LogP contribution in [0, 0.1) is 0 Å². The number of benzene rings is 3. The quantitative estimate of drug-likeness (QED) is 0.598. The fourth-order valence-corrected chi connectivity index (χ4v) is 3.27. The molecule has 1 N–H and O–H groups in total. The standard InChI is InChI=1S/C24H21NO5/c1-16(26)19-12-22-23(30-15-29-22)13-20(19)25-24(27)14-28-21-10-6-5-9-18(21)11-17-7-3-2-4-8-17/h2-10,12-13H,11,14-15H2,1H3,(H,25,27). The van der Waals surface area contributed by atoms with E-state index in [0.717, 1.165) is 11.1 Å². The van der Waals surface area contributed by atoms with Crippen LogP contribution in [0.5, 0.6) is 17.2 Å². The Labute approximate surface area is 174 Å². The molecule has 0 fully saturated rings. The lowest BCUT2D eigenvalue weighted by atomic mass is 10.0. The fourth-order valence-electron chi connectivity index (χ4n) is 3.27. The maximum Gasteiger partial charge on any atom is 0.262 e. The summed E-state index contributed by atoms with van der Waals surface area (Å²) in [6.45, 7) is 1.34. The van der Waals surface area contributed by atoms with Crippen molar-refractivity contribution in [2.45, 2.75) is 13.3 Å². The van der Waals surface area contributed by atoms with E-state index in [0.29, 0.717) is 34.9 Å². The third-order valence-corrected chi connectivity index (χ3v) is 4.73. The van der Waals surface area contributed by atoms with Crippen molar-refractivity contribution in [3.05, 3.63) is 83.4 Å². The predicted molar refractivity (Wildman–Crippen MR) is 112 cm³/mol. The number of ketones is 1. The van der Waals surface area contributed by atoms with Gasteiger partial charge in [-0.05, 0) is 30.2 Å². The third kappa shape index (κ3) is 4.43. The number of carbonyl (C=O) groups excluding carboxylic acids is 2. The number of fused-ring (bicyclic) bond motifs is 1. The fraction of sp³-hybridized carbons (Fsp3) is 0.167. The van der Waals surface area contributed by atoms with Crippen LogP contribution in [0.25, 0.3) is 0 Å². The molecule has 1 aliphatic heterocycles. The van der Waals surface area contributed by atoms with E-state index >= 15 is 0 Å². The SMILES string of the molecule is CC(=O)c1cc2c(cc1NC(=O)COc1ccccc1Cc1ccccc1)OCO2. The van der Waals surface area contributed by atoms with Gasteiger partial charge in [-0.15, -0.1) is 0 Å². The molecule has 1 heterocycles. The van der Waals surface area contributed by atoms with Gasteiger partial charge >= 0.3 is 0 Å². The molecule has 0 bridgehead atoms. The molecule has 0 aliphatic carbocycles. The number of anilines is 1. The zero-order valence-corrected chi connectivity index (χ0v) is 16.5. The maximum atomic E-state index is 12.5. The average molecular weight is 403 g/mol. The van der Waals surface area contributed by atoms with Crippen molar-refractivity contribution >= 4 is 17.4 Å². The van der Waals surface area contributed by atoms with Crippen LogP contribution in [0.15, 0.2) is 66.7 Å². The maximum absolute atomic E-state index is 12.5. The molecule has 0 aromatic heterocycles. The lowest BCUT2D eigenvalue weighted by molar-refractivity contribution is -0.118. The van der Waals surface area contributed by atoms with Gasteiger partial charge in [0.15, 0.2) is 23.9 Å². The minimum absolute atomic E-state index is 0.0887. The Balaban J connectivity index is 1.45. The smallest absolute Gasteiger partial charge is 0.262 e. The molecular weight excluding hydrogens is 382 g/mol. The summed E-state index contributed by atoms with van der Waals surface area (Å²) in [6.07, 6.45) is 0.704. The number of Topliss-reactive ketones (excluding diaryl/α,β-unsaturated/α-hetero) is 1. The van der Waals surface area contributed by atoms with Crippen LogP contribution in [-0.2, 0) is 11.2 Å². The molecule has 0 saturated heterocycles. The number of amides is 1. The molecular formula is C24H21NO5. The molecule has 0 saturated carbocycles. The summed E-state index contributed by atoms with van der Waals surface area (Å²) in [5, 5.41) is 2.74. The molecule has 1 aliphatic rings. The Kier molecular flexibility index (Phi) is 5.66. The van der Waals surface area contributed by atoms with Gasteiger partial charge < -0.3 is 19.5 Å². The van der Waals surface area contributed by atoms with Crippen LogP contribution in [-0.4, -0.2) is 25.1 Å². The van der Waals surface area contributed by atoms with Gasteiger partial charge in [-0.2, -0.15) is 0 Å². The highest BCUT2D eigenvalue weighted by Crippen LogP contribution is 2.37. The van der Waals surface area contributed by atoms with E-state index in [4.69, 9.17) is 14.2 Å². The molecule has 0 radical (unpaired) electrons. The molecule has 6 heteroatoms. The molecule has 30 heavy (non-hydrogen) atoms. The van der Waals surface area contributed by atoms with E-state index in [-0.39, 0.29) is 25.1 Å². The minimum Gasteiger partial charge on any atom is -0.483 e. The first kappa shape index (κ1) is 19.5. The number of hydrogen-bond donors (Lipinski definition) is 1. The molecule has 0 spiro atoms. The van der Waals surface area contributed by atoms with E-state index in [2.05, 4.69) is 5.32 Å². The Bertz CT molecular complexity index is 1080. The second kappa shape index (κ2) is 8.69. The molecule has 1 amide bonds. The molecule has 0 unspecified atom stereocenters. The van der Waals surface area contributed by atoms with Crippen LogP contribution < -0.4 is 19.5 Å². The second-order valence-electron chi connectivity index (χ2n) is 6.91. The molecule has 0 atom stereocenters. The first-order valence-corrected chi connectivity index (χ1v) is 9.59. The molecule has 4 rings (SSSR count). The first-order chi connectivity index (χ1) is 14.6. The van der Waals surface area contributed by atoms with Crippen molar-refractivity contribution in [2.75, 3.05) is 18.7 Å². The van der Waals surface area contributed by atoms with Gasteiger partial charge in [-0.25, -0.2) is 0 Å². The molecule has 152 valence electrons. The monoisotopic (exact) mass is 403 g/mol. The van der Waals surface area contributed by atoms with E-state index in [1.807, 2.05) is 54.6 Å². The molecule has 3 aromatic rings.